The second-order valence-corrected chi connectivity index (χ2v) is 8.20. The zero-order valence-electron chi connectivity index (χ0n) is 12.8. The first kappa shape index (κ1) is 23.2. The molecule has 0 aromatic heterocycles. The first-order valence-electron chi connectivity index (χ1n) is 7.50. The fraction of sp³-hybridized carbons (Fsp3) is 1.00. The maximum atomic E-state index is 10.7. The Morgan fingerprint density at radius 1 is 0.684 bits per heavy atom. The van der Waals surface area contributed by atoms with Gasteiger partial charge in [0.1, 0.15) is 0 Å². The van der Waals surface area contributed by atoms with E-state index in [0.29, 0.717) is 0 Å². The van der Waals surface area contributed by atoms with Gasteiger partial charge in [-0.05, 0) is 6.42 Å². The van der Waals surface area contributed by atoms with Crippen LogP contribution in [0.1, 0.15) is 84.0 Å². The summed E-state index contributed by atoms with van der Waals surface area (Å²) >= 11 is 4.34. The molecule has 0 heterocycles. The summed E-state index contributed by atoms with van der Waals surface area (Å²) in [6.45, 7) is 2.25. The molecule has 19 heavy (non-hydrogen) atoms. The van der Waals surface area contributed by atoms with Crippen LogP contribution in [0.3, 0.4) is 0 Å². The van der Waals surface area contributed by atoms with E-state index >= 15 is 0 Å². The van der Waals surface area contributed by atoms with E-state index in [0.717, 1.165) is 19.3 Å². The molecule has 0 N–H and O–H groups in total. The molecule has 0 fully saturated rings. The Morgan fingerprint density at radius 3 is 1.32 bits per heavy atom. The van der Waals surface area contributed by atoms with Crippen molar-refractivity contribution in [2.24, 2.45) is 0 Å². The molecule has 0 spiro atoms. The van der Waals surface area contributed by atoms with Crippen LogP contribution in [0.5, 0.6) is 0 Å². The number of rotatable bonds is 13. The Bertz CT molecular complexity index is 267. The fourth-order valence-corrected chi connectivity index (χ4v) is 3.03. The molecule has 0 atom stereocenters. The van der Waals surface area contributed by atoms with Gasteiger partial charge in [-0.3, -0.25) is 8.42 Å². The first-order chi connectivity index (χ1) is 8.56. The van der Waals surface area contributed by atoms with Crippen LogP contribution >= 0.6 is 0 Å². The Morgan fingerprint density at radius 2 is 1.00 bits per heavy atom. The second kappa shape index (κ2) is 16.3. The molecule has 2 nitrogen and oxygen atoms in total. The molecule has 5 heteroatoms. The third kappa shape index (κ3) is 22.4. The molecule has 0 unspecified atom stereocenters. The van der Waals surface area contributed by atoms with Gasteiger partial charge in [0, 0.05) is 14.6 Å². The van der Waals surface area contributed by atoms with Crippen molar-refractivity contribution in [2.45, 2.75) is 84.0 Å². The Hall–Kier alpha value is 1.94. The van der Waals surface area contributed by atoms with E-state index in [1.165, 1.54) is 57.8 Å². The van der Waals surface area contributed by atoms with Crippen LogP contribution in [0.4, 0.5) is 0 Å². The van der Waals surface area contributed by atoms with Crippen molar-refractivity contribution in [3.63, 3.8) is 0 Å². The molecule has 0 saturated carbocycles. The van der Waals surface area contributed by atoms with Crippen LogP contribution in [0.15, 0.2) is 0 Å². The normalized spacial score (nSPS) is 11.3. The van der Waals surface area contributed by atoms with Crippen LogP contribution in [0.2, 0.25) is 0 Å². The average molecular weight is 333 g/mol. The smallest absolute Gasteiger partial charge is 0.649 e. The van der Waals surface area contributed by atoms with Crippen molar-refractivity contribution >= 4 is 20.5 Å². The molecule has 0 aliphatic carbocycles. The van der Waals surface area contributed by atoms with Crippen LogP contribution in [-0.4, -0.2) is 14.2 Å². The molecule has 0 rings (SSSR count). The van der Waals surface area contributed by atoms with E-state index in [9.17, 15) is 8.42 Å². The number of hydrogen-bond donors (Lipinski definition) is 0. The molecule has 0 amide bonds. The quantitative estimate of drug-likeness (QED) is 0.222. The molecule has 0 aliphatic heterocycles. The van der Waals surface area contributed by atoms with E-state index in [-0.39, 0.29) is 57.1 Å². The maximum Gasteiger partial charge on any atom is 1.00 e. The van der Waals surface area contributed by atoms with E-state index in [2.05, 4.69) is 18.6 Å². The summed E-state index contributed by atoms with van der Waals surface area (Å²) in [5.41, 5.74) is 0. The summed E-state index contributed by atoms with van der Waals surface area (Å²) in [5, 5.41) is 0. The Labute approximate surface area is 168 Å². The third-order valence-electron chi connectivity index (χ3n) is 3.25. The molecular formula is C14H29KO2S2. The van der Waals surface area contributed by atoms with Gasteiger partial charge in [0.15, 0.2) is 0 Å². The van der Waals surface area contributed by atoms with Crippen molar-refractivity contribution in [3.05, 3.63) is 0 Å². The minimum atomic E-state index is -3.15. The van der Waals surface area contributed by atoms with Gasteiger partial charge in [-0.25, -0.2) is 0 Å². The molecule has 110 valence electrons. The van der Waals surface area contributed by atoms with Gasteiger partial charge < -0.3 is 11.7 Å². The van der Waals surface area contributed by atoms with Gasteiger partial charge >= 0.3 is 51.4 Å². The minimum absolute atomic E-state index is 0. The minimum Gasteiger partial charge on any atom is -0.649 e. The first-order valence-corrected chi connectivity index (χ1v) is 10.1. The van der Waals surface area contributed by atoms with Crippen molar-refractivity contribution in [3.8, 4) is 0 Å². The van der Waals surface area contributed by atoms with Crippen LogP contribution in [-0.2, 0) is 20.5 Å². The molecule has 0 saturated heterocycles. The molecule has 0 bridgehead atoms. The topological polar surface area (TPSA) is 34.1 Å². The molecule has 0 aliphatic rings. The summed E-state index contributed by atoms with van der Waals surface area (Å²) in [5.74, 6) is 0.180. The maximum absolute atomic E-state index is 10.7. The molecule has 0 aromatic carbocycles. The monoisotopic (exact) mass is 332 g/mol. The SMILES string of the molecule is CCCCCCCCCCCCCCS(=O)(=O)[S-].[K+]. The summed E-state index contributed by atoms with van der Waals surface area (Å²) in [6, 6.07) is 0. The fourth-order valence-electron chi connectivity index (χ4n) is 2.12. The average Bonchev–Trinajstić information content (AvgIpc) is 2.29. The zero-order valence-corrected chi connectivity index (χ0v) is 17.6. The van der Waals surface area contributed by atoms with E-state index in [1.54, 1.807) is 0 Å². The summed E-state index contributed by atoms with van der Waals surface area (Å²) < 4.78 is 21.5. The van der Waals surface area contributed by atoms with E-state index in [1.807, 2.05) is 0 Å². The van der Waals surface area contributed by atoms with Gasteiger partial charge in [-0.15, -0.1) is 0 Å². The molecule has 0 radical (unpaired) electrons. The second-order valence-electron chi connectivity index (χ2n) is 5.15. The number of hydrogen-bond acceptors (Lipinski definition) is 3. The Balaban J connectivity index is 0. The standard InChI is InChI=1S/C14H30O2S2.K/c1-2-3-4-5-6-7-8-9-10-11-12-13-14-18(15,16)17;/h2-14H2,1H3,(H,15,16,17);/q;+1/p-1. The number of unbranched alkanes of at least 4 members (excludes halogenated alkanes) is 11. The van der Waals surface area contributed by atoms with E-state index in [4.69, 9.17) is 0 Å². The summed E-state index contributed by atoms with van der Waals surface area (Å²) in [6.07, 6.45) is 15.0. The van der Waals surface area contributed by atoms with Gasteiger partial charge in [0.05, 0.1) is 0 Å². The third-order valence-corrected chi connectivity index (χ3v) is 4.54. The van der Waals surface area contributed by atoms with Crippen LogP contribution < -0.4 is 51.4 Å². The predicted molar refractivity (Wildman–Crippen MR) is 82.2 cm³/mol. The zero-order chi connectivity index (χ0) is 13.7. The van der Waals surface area contributed by atoms with Crippen molar-refractivity contribution in [1.29, 1.82) is 0 Å². The van der Waals surface area contributed by atoms with Gasteiger partial charge in [0.25, 0.3) is 0 Å². The van der Waals surface area contributed by atoms with Gasteiger partial charge in [0.2, 0.25) is 0 Å². The van der Waals surface area contributed by atoms with Crippen molar-refractivity contribution in [1.82, 2.24) is 0 Å². The van der Waals surface area contributed by atoms with Crippen LogP contribution in [0.25, 0.3) is 0 Å². The molecule has 0 aromatic rings. The van der Waals surface area contributed by atoms with Gasteiger partial charge in [-0.2, -0.15) is 0 Å². The van der Waals surface area contributed by atoms with Crippen LogP contribution in [0, 0.1) is 0 Å². The Kier molecular flexibility index (Phi) is 19.9. The predicted octanol–water partition coefficient (Wildman–Crippen LogP) is 1.57. The van der Waals surface area contributed by atoms with Gasteiger partial charge in [-0.1, -0.05) is 77.6 Å². The molecular weight excluding hydrogens is 303 g/mol. The largest absolute Gasteiger partial charge is 1.00 e. The summed E-state index contributed by atoms with van der Waals surface area (Å²) in [4.78, 5) is 0. The van der Waals surface area contributed by atoms with Crippen molar-refractivity contribution < 1.29 is 59.8 Å². The van der Waals surface area contributed by atoms with E-state index < -0.39 is 8.87 Å². The van der Waals surface area contributed by atoms with Crippen molar-refractivity contribution in [2.75, 3.05) is 5.75 Å². The summed E-state index contributed by atoms with van der Waals surface area (Å²) in [7, 11) is -3.15.